The van der Waals surface area contributed by atoms with Gasteiger partial charge in [0.25, 0.3) is 0 Å². The fourth-order valence-corrected chi connectivity index (χ4v) is 2.48. The highest BCUT2D eigenvalue weighted by Gasteiger charge is 2.04. The lowest BCUT2D eigenvalue weighted by atomic mass is 10.1. The maximum absolute atomic E-state index is 6.09. The molecular weight excluding hydrogens is 214 g/mol. The number of rotatable bonds is 3. The van der Waals surface area contributed by atoms with Gasteiger partial charge in [0.15, 0.2) is 0 Å². The molecule has 0 saturated carbocycles. The number of unbranched alkanes of at least 4 members (excludes halogenated alkanes) is 1. The van der Waals surface area contributed by atoms with Crippen LogP contribution < -0.4 is 0 Å². The van der Waals surface area contributed by atoms with E-state index in [0.717, 1.165) is 11.9 Å². The lowest BCUT2D eigenvalue weighted by Crippen LogP contribution is -1.88. The molecular formula is C11H12ClNS. The normalized spacial score (nSPS) is 11.0. The van der Waals surface area contributed by atoms with Gasteiger partial charge in [0.05, 0.1) is 10.2 Å². The molecule has 0 spiro atoms. The van der Waals surface area contributed by atoms with E-state index in [0.29, 0.717) is 5.15 Å². The van der Waals surface area contributed by atoms with Gasteiger partial charge in [-0.2, -0.15) is 0 Å². The van der Waals surface area contributed by atoms with Gasteiger partial charge in [-0.3, -0.25) is 0 Å². The van der Waals surface area contributed by atoms with Gasteiger partial charge >= 0.3 is 0 Å². The molecule has 0 bridgehead atoms. The number of thiophene rings is 1. The summed E-state index contributed by atoms with van der Waals surface area (Å²) in [6.07, 6.45) is 3.41. The van der Waals surface area contributed by atoms with Gasteiger partial charge in [-0.25, -0.2) is 4.98 Å². The Morgan fingerprint density at radius 1 is 1.50 bits per heavy atom. The second-order valence-corrected chi connectivity index (χ2v) is 4.65. The quantitative estimate of drug-likeness (QED) is 0.710. The van der Waals surface area contributed by atoms with Crippen molar-refractivity contribution >= 4 is 33.2 Å². The van der Waals surface area contributed by atoms with E-state index in [1.165, 1.54) is 23.1 Å². The summed E-state index contributed by atoms with van der Waals surface area (Å²) in [7, 11) is 0. The van der Waals surface area contributed by atoms with E-state index >= 15 is 0 Å². The maximum Gasteiger partial charge on any atom is 0.133 e. The minimum absolute atomic E-state index is 0.671. The van der Waals surface area contributed by atoms with Crippen LogP contribution in [0.15, 0.2) is 17.5 Å². The molecule has 2 rings (SSSR count). The summed E-state index contributed by atoms with van der Waals surface area (Å²) < 4.78 is 1.24. The minimum atomic E-state index is 0.671. The molecule has 0 N–H and O–H groups in total. The van der Waals surface area contributed by atoms with Gasteiger partial charge in [-0.05, 0) is 35.9 Å². The Kier molecular flexibility index (Phi) is 3.04. The number of aryl methyl sites for hydroxylation is 1. The Bertz CT molecular complexity index is 436. The van der Waals surface area contributed by atoms with E-state index in [1.807, 2.05) is 6.07 Å². The standard InChI is InChI=1S/C11H12ClNS/c1-2-3-4-8-7-10-9(5-6-14-10)13-11(8)12/h5-7H,2-4H2,1H3. The smallest absolute Gasteiger partial charge is 0.133 e. The second kappa shape index (κ2) is 4.28. The Morgan fingerprint density at radius 2 is 2.36 bits per heavy atom. The van der Waals surface area contributed by atoms with Crippen molar-refractivity contribution in [2.75, 3.05) is 0 Å². The molecule has 0 unspecified atom stereocenters. The summed E-state index contributed by atoms with van der Waals surface area (Å²) in [5.41, 5.74) is 2.20. The highest BCUT2D eigenvalue weighted by atomic mass is 35.5. The van der Waals surface area contributed by atoms with Crippen LogP contribution in [0.25, 0.3) is 10.2 Å². The van der Waals surface area contributed by atoms with Crippen molar-refractivity contribution in [2.45, 2.75) is 26.2 Å². The summed E-state index contributed by atoms with van der Waals surface area (Å²) in [6, 6.07) is 4.18. The van der Waals surface area contributed by atoms with Gasteiger partial charge in [0, 0.05) is 0 Å². The van der Waals surface area contributed by atoms with E-state index in [4.69, 9.17) is 11.6 Å². The first-order valence-corrected chi connectivity index (χ1v) is 6.09. The van der Waals surface area contributed by atoms with Gasteiger partial charge in [-0.15, -0.1) is 11.3 Å². The molecule has 0 aliphatic heterocycles. The number of aromatic nitrogens is 1. The molecule has 14 heavy (non-hydrogen) atoms. The molecule has 3 heteroatoms. The maximum atomic E-state index is 6.09. The van der Waals surface area contributed by atoms with E-state index < -0.39 is 0 Å². The van der Waals surface area contributed by atoms with E-state index in [9.17, 15) is 0 Å². The lowest BCUT2D eigenvalue weighted by molar-refractivity contribution is 0.794. The number of halogens is 1. The predicted molar refractivity (Wildman–Crippen MR) is 63.2 cm³/mol. The summed E-state index contributed by atoms with van der Waals surface area (Å²) in [5, 5.41) is 2.72. The van der Waals surface area contributed by atoms with Crippen molar-refractivity contribution in [3.63, 3.8) is 0 Å². The lowest BCUT2D eigenvalue weighted by Gasteiger charge is -2.02. The fourth-order valence-electron chi connectivity index (χ4n) is 1.45. The van der Waals surface area contributed by atoms with Crippen molar-refractivity contribution in [3.8, 4) is 0 Å². The molecule has 0 aromatic carbocycles. The van der Waals surface area contributed by atoms with Crippen molar-refractivity contribution < 1.29 is 0 Å². The number of pyridine rings is 1. The van der Waals surface area contributed by atoms with E-state index in [2.05, 4.69) is 23.4 Å². The first-order chi connectivity index (χ1) is 6.81. The molecule has 0 aliphatic rings. The molecule has 0 aliphatic carbocycles. The molecule has 0 fully saturated rings. The Labute approximate surface area is 92.7 Å². The van der Waals surface area contributed by atoms with Crippen LogP contribution in [0.4, 0.5) is 0 Å². The zero-order chi connectivity index (χ0) is 9.97. The fraction of sp³-hybridized carbons (Fsp3) is 0.364. The van der Waals surface area contributed by atoms with Crippen LogP contribution in [0.5, 0.6) is 0 Å². The van der Waals surface area contributed by atoms with Crippen LogP contribution >= 0.6 is 22.9 Å². The third-order valence-corrected chi connectivity index (χ3v) is 3.44. The Morgan fingerprint density at radius 3 is 3.14 bits per heavy atom. The summed E-state index contributed by atoms with van der Waals surface area (Å²) in [5.74, 6) is 0. The molecule has 74 valence electrons. The van der Waals surface area contributed by atoms with Crippen LogP contribution in [0.1, 0.15) is 25.3 Å². The summed E-state index contributed by atoms with van der Waals surface area (Å²) >= 11 is 7.81. The average Bonchev–Trinajstić information content (AvgIpc) is 2.61. The van der Waals surface area contributed by atoms with Crippen molar-refractivity contribution in [1.29, 1.82) is 0 Å². The number of hydrogen-bond donors (Lipinski definition) is 0. The topological polar surface area (TPSA) is 12.9 Å². The summed E-state index contributed by atoms with van der Waals surface area (Å²) in [6.45, 7) is 2.19. The second-order valence-electron chi connectivity index (χ2n) is 3.35. The van der Waals surface area contributed by atoms with Crippen LogP contribution in [-0.4, -0.2) is 4.98 Å². The van der Waals surface area contributed by atoms with Gasteiger partial charge < -0.3 is 0 Å². The minimum Gasteiger partial charge on any atom is -0.235 e. The molecule has 2 aromatic heterocycles. The van der Waals surface area contributed by atoms with Gasteiger partial charge in [0.1, 0.15) is 5.15 Å². The Hall–Kier alpha value is -0.600. The van der Waals surface area contributed by atoms with Crippen LogP contribution in [-0.2, 0) is 6.42 Å². The number of hydrogen-bond acceptors (Lipinski definition) is 2. The molecule has 0 radical (unpaired) electrons. The zero-order valence-corrected chi connectivity index (χ0v) is 9.66. The first kappa shape index (κ1) is 9.94. The van der Waals surface area contributed by atoms with Crippen LogP contribution in [0.2, 0.25) is 5.15 Å². The van der Waals surface area contributed by atoms with Crippen LogP contribution in [0.3, 0.4) is 0 Å². The molecule has 2 heterocycles. The monoisotopic (exact) mass is 225 g/mol. The van der Waals surface area contributed by atoms with Crippen molar-refractivity contribution in [3.05, 3.63) is 28.2 Å². The number of fused-ring (bicyclic) bond motifs is 1. The predicted octanol–water partition coefficient (Wildman–Crippen LogP) is 4.29. The summed E-state index contributed by atoms with van der Waals surface area (Å²) in [4.78, 5) is 4.36. The number of nitrogens with zero attached hydrogens (tertiary/aromatic N) is 1. The molecule has 0 atom stereocenters. The van der Waals surface area contributed by atoms with E-state index in [1.54, 1.807) is 11.3 Å². The third-order valence-electron chi connectivity index (χ3n) is 2.26. The Balaban J connectivity index is 2.38. The highest BCUT2D eigenvalue weighted by Crippen LogP contribution is 2.25. The highest BCUT2D eigenvalue weighted by molar-refractivity contribution is 7.17. The zero-order valence-electron chi connectivity index (χ0n) is 8.09. The van der Waals surface area contributed by atoms with Crippen LogP contribution in [0, 0.1) is 0 Å². The first-order valence-electron chi connectivity index (χ1n) is 4.84. The van der Waals surface area contributed by atoms with Gasteiger partial charge in [0.2, 0.25) is 0 Å². The van der Waals surface area contributed by atoms with E-state index in [-0.39, 0.29) is 0 Å². The third kappa shape index (κ3) is 1.91. The largest absolute Gasteiger partial charge is 0.235 e. The molecule has 1 nitrogen and oxygen atoms in total. The van der Waals surface area contributed by atoms with Crippen molar-refractivity contribution in [1.82, 2.24) is 4.98 Å². The van der Waals surface area contributed by atoms with Crippen molar-refractivity contribution in [2.24, 2.45) is 0 Å². The van der Waals surface area contributed by atoms with Gasteiger partial charge in [-0.1, -0.05) is 24.9 Å². The average molecular weight is 226 g/mol. The molecule has 0 saturated heterocycles. The SMILES string of the molecule is CCCCc1cc2sccc2nc1Cl. The molecule has 0 amide bonds. The molecule has 2 aromatic rings.